The zero-order chi connectivity index (χ0) is 13.4. The second-order valence-corrected chi connectivity index (χ2v) is 5.85. The van der Waals surface area contributed by atoms with Gasteiger partial charge in [0.25, 0.3) is 0 Å². The standard InChI is InChI=1S/C13H25N3OS/c1-4-7-11-15-16-12(18-11)14-10-13(5-2,6-3)8-9-17/h17H,4-10H2,1-3H3,(H,14,16). The minimum Gasteiger partial charge on any atom is -0.396 e. The van der Waals surface area contributed by atoms with Crippen molar-refractivity contribution >= 4 is 16.5 Å². The molecule has 0 amide bonds. The zero-order valence-corrected chi connectivity index (χ0v) is 12.5. The lowest BCUT2D eigenvalue weighted by Gasteiger charge is -2.31. The minimum atomic E-state index is 0.172. The molecule has 18 heavy (non-hydrogen) atoms. The van der Waals surface area contributed by atoms with Gasteiger partial charge in [-0.3, -0.25) is 0 Å². The molecule has 0 aliphatic carbocycles. The van der Waals surface area contributed by atoms with Crippen LogP contribution in [0.3, 0.4) is 0 Å². The van der Waals surface area contributed by atoms with Crippen LogP contribution >= 0.6 is 11.3 Å². The highest BCUT2D eigenvalue weighted by molar-refractivity contribution is 7.15. The predicted octanol–water partition coefficient (Wildman–Crippen LogP) is 3.09. The van der Waals surface area contributed by atoms with Gasteiger partial charge in [0.05, 0.1) is 0 Å². The molecule has 104 valence electrons. The lowest BCUT2D eigenvalue weighted by atomic mass is 9.79. The van der Waals surface area contributed by atoms with Crippen LogP contribution in [0.1, 0.15) is 51.5 Å². The summed E-state index contributed by atoms with van der Waals surface area (Å²) in [7, 11) is 0. The van der Waals surface area contributed by atoms with Gasteiger partial charge in [0.15, 0.2) is 0 Å². The molecule has 0 spiro atoms. The Kier molecular flexibility index (Phi) is 6.57. The Morgan fingerprint density at radius 1 is 1.22 bits per heavy atom. The number of aliphatic hydroxyl groups excluding tert-OH is 1. The van der Waals surface area contributed by atoms with E-state index in [2.05, 4.69) is 36.3 Å². The van der Waals surface area contributed by atoms with Crippen molar-refractivity contribution in [2.75, 3.05) is 18.5 Å². The monoisotopic (exact) mass is 271 g/mol. The molecular formula is C13H25N3OS. The molecule has 0 bridgehead atoms. The molecule has 0 radical (unpaired) electrons. The van der Waals surface area contributed by atoms with Gasteiger partial charge in [-0.25, -0.2) is 0 Å². The molecule has 0 saturated heterocycles. The quantitative estimate of drug-likeness (QED) is 0.724. The topological polar surface area (TPSA) is 58.0 Å². The van der Waals surface area contributed by atoms with Gasteiger partial charge in [-0.2, -0.15) is 0 Å². The molecule has 1 aromatic rings. The molecule has 0 aromatic carbocycles. The highest BCUT2D eigenvalue weighted by atomic mass is 32.1. The molecule has 0 aliphatic heterocycles. The van der Waals surface area contributed by atoms with Crippen molar-refractivity contribution in [1.82, 2.24) is 10.2 Å². The molecule has 0 unspecified atom stereocenters. The summed E-state index contributed by atoms with van der Waals surface area (Å²) in [5.41, 5.74) is 0.172. The SMILES string of the molecule is CCCc1nnc(NCC(CC)(CC)CCO)s1. The first-order chi connectivity index (χ1) is 8.69. The van der Waals surface area contributed by atoms with E-state index < -0.39 is 0 Å². The summed E-state index contributed by atoms with van der Waals surface area (Å²) in [6, 6.07) is 0. The van der Waals surface area contributed by atoms with Gasteiger partial charge in [-0.05, 0) is 31.1 Å². The molecule has 0 saturated carbocycles. The van der Waals surface area contributed by atoms with Crippen molar-refractivity contribution in [3.8, 4) is 0 Å². The first-order valence-electron chi connectivity index (χ1n) is 6.86. The highest BCUT2D eigenvalue weighted by Crippen LogP contribution is 2.31. The largest absolute Gasteiger partial charge is 0.396 e. The van der Waals surface area contributed by atoms with E-state index in [1.165, 1.54) is 0 Å². The van der Waals surface area contributed by atoms with Crippen LogP contribution in [0.25, 0.3) is 0 Å². The van der Waals surface area contributed by atoms with Gasteiger partial charge in [-0.1, -0.05) is 32.1 Å². The molecule has 0 atom stereocenters. The maximum Gasteiger partial charge on any atom is 0.205 e. The third-order valence-electron chi connectivity index (χ3n) is 3.69. The molecule has 1 aromatic heterocycles. The lowest BCUT2D eigenvalue weighted by molar-refractivity contribution is 0.179. The predicted molar refractivity (Wildman–Crippen MR) is 77.1 cm³/mol. The summed E-state index contributed by atoms with van der Waals surface area (Å²) in [6.07, 6.45) is 5.08. The van der Waals surface area contributed by atoms with Crippen LogP contribution in [0, 0.1) is 5.41 Å². The van der Waals surface area contributed by atoms with Gasteiger partial charge in [-0.15, -0.1) is 10.2 Å². The third kappa shape index (κ3) is 4.21. The number of aryl methyl sites for hydroxylation is 1. The van der Waals surface area contributed by atoms with E-state index in [9.17, 15) is 5.11 Å². The van der Waals surface area contributed by atoms with Crippen LogP contribution in [0.2, 0.25) is 0 Å². The van der Waals surface area contributed by atoms with Gasteiger partial charge in [0, 0.05) is 19.6 Å². The van der Waals surface area contributed by atoms with Crippen molar-refractivity contribution in [1.29, 1.82) is 0 Å². The fourth-order valence-corrected chi connectivity index (χ4v) is 2.92. The van der Waals surface area contributed by atoms with E-state index in [4.69, 9.17) is 0 Å². The number of anilines is 1. The normalized spacial score (nSPS) is 11.8. The van der Waals surface area contributed by atoms with Gasteiger partial charge >= 0.3 is 0 Å². The third-order valence-corrected chi connectivity index (χ3v) is 4.63. The molecule has 1 rings (SSSR count). The smallest absolute Gasteiger partial charge is 0.205 e. The van der Waals surface area contributed by atoms with Crippen LogP contribution in [-0.4, -0.2) is 28.5 Å². The number of nitrogens with zero attached hydrogens (tertiary/aromatic N) is 2. The summed E-state index contributed by atoms with van der Waals surface area (Å²) in [5.74, 6) is 0. The Hall–Kier alpha value is -0.680. The van der Waals surface area contributed by atoms with Crippen LogP contribution < -0.4 is 5.32 Å². The Labute approximate surface area is 114 Å². The second kappa shape index (κ2) is 7.69. The number of aliphatic hydroxyl groups is 1. The van der Waals surface area contributed by atoms with Crippen LogP contribution in [-0.2, 0) is 6.42 Å². The maximum atomic E-state index is 9.18. The van der Waals surface area contributed by atoms with E-state index in [1.807, 2.05) is 0 Å². The molecule has 4 nitrogen and oxygen atoms in total. The number of hydrogen-bond donors (Lipinski definition) is 2. The number of nitrogens with one attached hydrogen (secondary N) is 1. The first-order valence-corrected chi connectivity index (χ1v) is 7.68. The molecule has 0 fully saturated rings. The molecular weight excluding hydrogens is 246 g/mol. The lowest BCUT2D eigenvalue weighted by Crippen LogP contribution is -2.29. The number of aromatic nitrogens is 2. The summed E-state index contributed by atoms with van der Waals surface area (Å²) in [4.78, 5) is 0. The minimum absolute atomic E-state index is 0.172. The maximum absolute atomic E-state index is 9.18. The number of hydrogen-bond acceptors (Lipinski definition) is 5. The van der Waals surface area contributed by atoms with Crippen LogP contribution in [0.15, 0.2) is 0 Å². The zero-order valence-electron chi connectivity index (χ0n) is 11.7. The second-order valence-electron chi connectivity index (χ2n) is 4.79. The van der Waals surface area contributed by atoms with E-state index in [0.717, 1.165) is 48.8 Å². The van der Waals surface area contributed by atoms with E-state index in [-0.39, 0.29) is 12.0 Å². The Morgan fingerprint density at radius 2 is 1.94 bits per heavy atom. The van der Waals surface area contributed by atoms with Crippen LogP contribution in [0.4, 0.5) is 5.13 Å². The summed E-state index contributed by atoms with van der Waals surface area (Å²) in [5, 5.41) is 22.9. The van der Waals surface area contributed by atoms with Crippen molar-refractivity contribution in [3.63, 3.8) is 0 Å². The number of rotatable bonds is 9. The molecule has 1 heterocycles. The van der Waals surface area contributed by atoms with Crippen molar-refractivity contribution < 1.29 is 5.11 Å². The van der Waals surface area contributed by atoms with E-state index >= 15 is 0 Å². The summed E-state index contributed by atoms with van der Waals surface area (Å²) >= 11 is 1.64. The van der Waals surface area contributed by atoms with Crippen molar-refractivity contribution in [3.05, 3.63) is 5.01 Å². The molecule has 0 aliphatic rings. The fraction of sp³-hybridized carbons (Fsp3) is 0.846. The van der Waals surface area contributed by atoms with Crippen molar-refractivity contribution in [2.45, 2.75) is 52.9 Å². The first kappa shape index (κ1) is 15.4. The van der Waals surface area contributed by atoms with Gasteiger partial charge < -0.3 is 10.4 Å². The van der Waals surface area contributed by atoms with E-state index in [1.54, 1.807) is 11.3 Å². The molecule has 2 N–H and O–H groups in total. The van der Waals surface area contributed by atoms with Crippen LogP contribution in [0.5, 0.6) is 0 Å². The van der Waals surface area contributed by atoms with E-state index in [0.29, 0.717) is 0 Å². The van der Waals surface area contributed by atoms with Crippen molar-refractivity contribution in [2.24, 2.45) is 5.41 Å². The average Bonchev–Trinajstić information content (AvgIpc) is 2.83. The Balaban J connectivity index is 2.55. The Morgan fingerprint density at radius 3 is 2.50 bits per heavy atom. The van der Waals surface area contributed by atoms with Gasteiger partial charge in [0.1, 0.15) is 5.01 Å². The highest BCUT2D eigenvalue weighted by Gasteiger charge is 2.25. The fourth-order valence-electron chi connectivity index (χ4n) is 2.08. The summed E-state index contributed by atoms with van der Waals surface area (Å²) in [6.45, 7) is 7.63. The summed E-state index contributed by atoms with van der Waals surface area (Å²) < 4.78 is 0. The average molecular weight is 271 g/mol. The Bertz CT molecular complexity index is 337. The molecule has 5 heteroatoms. The van der Waals surface area contributed by atoms with Gasteiger partial charge in [0.2, 0.25) is 5.13 Å².